The Morgan fingerprint density at radius 2 is 1.97 bits per heavy atom. The Morgan fingerprint density at radius 3 is 2.74 bits per heavy atom. The van der Waals surface area contributed by atoms with Crippen molar-refractivity contribution in [2.75, 3.05) is 13.1 Å². The van der Waals surface area contributed by atoms with Gasteiger partial charge in [0, 0.05) is 24.2 Å². The van der Waals surface area contributed by atoms with Gasteiger partial charge in [-0.1, -0.05) is 29.5 Å². The molecule has 1 unspecified atom stereocenters. The van der Waals surface area contributed by atoms with Gasteiger partial charge >= 0.3 is 6.03 Å². The lowest BCUT2D eigenvalue weighted by Gasteiger charge is -2.28. The number of ether oxygens (including phenoxy) is 1. The molecule has 2 aliphatic rings. The van der Waals surface area contributed by atoms with Gasteiger partial charge in [-0.15, -0.1) is 10.2 Å². The van der Waals surface area contributed by atoms with Crippen LogP contribution < -0.4 is 10.1 Å². The molecule has 2 aromatic carbocycles. The van der Waals surface area contributed by atoms with Crippen LogP contribution in [0.2, 0.25) is 0 Å². The van der Waals surface area contributed by atoms with Crippen LogP contribution in [-0.2, 0) is 6.42 Å². The minimum absolute atomic E-state index is 0.00489. The first kappa shape index (κ1) is 23.3. The van der Waals surface area contributed by atoms with Crippen LogP contribution >= 0.6 is 11.3 Å². The smallest absolute Gasteiger partial charge is 0.317 e. The summed E-state index contributed by atoms with van der Waals surface area (Å²) in [6.45, 7) is 5.57. The van der Waals surface area contributed by atoms with Gasteiger partial charge in [-0.05, 0) is 75.3 Å². The van der Waals surface area contributed by atoms with Crippen molar-refractivity contribution < 1.29 is 9.53 Å². The highest BCUT2D eigenvalue weighted by atomic mass is 32.1. The quantitative estimate of drug-likeness (QED) is 0.497. The number of benzene rings is 2. The Morgan fingerprint density at radius 1 is 1.17 bits per heavy atom. The van der Waals surface area contributed by atoms with E-state index in [1.807, 2.05) is 43.0 Å². The molecule has 0 saturated carbocycles. The van der Waals surface area contributed by atoms with Crippen molar-refractivity contribution in [2.24, 2.45) is 0 Å². The van der Waals surface area contributed by atoms with Gasteiger partial charge in [0.15, 0.2) is 0 Å². The van der Waals surface area contributed by atoms with Crippen LogP contribution in [0, 0.1) is 11.3 Å². The average molecular weight is 488 g/mol. The summed E-state index contributed by atoms with van der Waals surface area (Å²) in [5.41, 5.74) is 4.81. The molecule has 7 nitrogen and oxygen atoms in total. The number of fused-ring (bicyclic) bond motifs is 1. The number of hydrogen-bond donors (Lipinski definition) is 1. The fraction of sp³-hybridized carbons (Fsp3) is 0.407. The molecule has 8 heteroatoms. The molecule has 1 aliphatic carbocycles. The molecule has 1 fully saturated rings. The van der Waals surface area contributed by atoms with E-state index >= 15 is 0 Å². The Bertz CT molecular complexity index is 1270. The summed E-state index contributed by atoms with van der Waals surface area (Å²) >= 11 is 1.51. The summed E-state index contributed by atoms with van der Waals surface area (Å²) in [6.07, 6.45) is 5.15. The highest BCUT2D eigenvalue weighted by Crippen LogP contribution is 2.40. The maximum Gasteiger partial charge on any atom is 0.317 e. The fourth-order valence-corrected chi connectivity index (χ4v) is 5.79. The third-order valence-corrected chi connectivity index (χ3v) is 7.58. The van der Waals surface area contributed by atoms with E-state index in [1.54, 1.807) is 0 Å². The number of carbonyl (C=O) groups excluding carboxylic acids is 1. The molecule has 2 heterocycles. The number of urea groups is 1. The van der Waals surface area contributed by atoms with E-state index in [9.17, 15) is 10.1 Å². The summed E-state index contributed by atoms with van der Waals surface area (Å²) in [4.78, 5) is 14.7. The lowest BCUT2D eigenvalue weighted by atomic mass is 10.0. The number of nitriles is 1. The number of nitrogens with zero attached hydrogens (tertiary/aromatic N) is 4. The van der Waals surface area contributed by atoms with Gasteiger partial charge in [0.25, 0.3) is 0 Å². The van der Waals surface area contributed by atoms with Crippen molar-refractivity contribution >= 4 is 17.4 Å². The number of hydrogen-bond acceptors (Lipinski definition) is 6. The van der Waals surface area contributed by atoms with Crippen molar-refractivity contribution in [2.45, 2.75) is 58.1 Å². The van der Waals surface area contributed by atoms with Crippen LogP contribution in [0.4, 0.5) is 4.79 Å². The average Bonchev–Trinajstić information content (AvgIpc) is 3.52. The largest absolute Gasteiger partial charge is 0.490 e. The second kappa shape index (κ2) is 10.0. The van der Waals surface area contributed by atoms with E-state index in [2.05, 4.69) is 33.7 Å². The molecule has 1 aliphatic heterocycles. The Hall–Kier alpha value is -3.44. The normalized spacial score (nSPS) is 17.2. The maximum absolute atomic E-state index is 12.8. The predicted octanol–water partition coefficient (Wildman–Crippen LogP) is 5.71. The standard InChI is InChI=1S/C27H29N5O2S/c1-17(2)34-24-12-9-18(15-19(24)16-28)25-30-31-26(35-25)22-8-6-7-21-20(22)10-11-23(21)29-27(33)32-13-4-3-5-14-32/h6-9,12,15,17,23H,3-5,10-11,13-14H2,1-2H3,(H,29,33). The Balaban J connectivity index is 1.37. The van der Waals surface area contributed by atoms with Crippen LogP contribution in [0.25, 0.3) is 21.1 Å². The van der Waals surface area contributed by atoms with Crippen LogP contribution in [0.15, 0.2) is 36.4 Å². The Labute approximate surface area is 209 Å². The molecule has 5 rings (SSSR count). The molecule has 1 saturated heterocycles. The van der Waals surface area contributed by atoms with Crippen LogP contribution in [0.1, 0.15) is 62.3 Å². The fourth-order valence-electron chi connectivity index (χ4n) is 4.90. The summed E-state index contributed by atoms with van der Waals surface area (Å²) in [5.74, 6) is 0.578. The minimum atomic E-state index is -0.00489. The third kappa shape index (κ3) is 4.87. The Kier molecular flexibility index (Phi) is 6.69. The summed E-state index contributed by atoms with van der Waals surface area (Å²) in [6, 6.07) is 14.1. The zero-order valence-electron chi connectivity index (χ0n) is 20.1. The lowest BCUT2D eigenvalue weighted by Crippen LogP contribution is -2.43. The van der Waals surface area contributed by atoms with Gasteiger partial charge in [0.1, 0.15) is 21.8 Å². The number of aromatic nitrogens is 2. The van der Waals surface area contributed by atoms with Crippen molar-refractivity contribution in [3.8, 4) is 33.0 Å². The summed E-state index contributed by atoms with van der Waals surface area (Å²) in [5, 5.41) is 23.3. The van der Waals surface area contributed by atoms with Crippen LogP contribution in [0.5, 0.6) is 5.75 Å². The van der Waals surface area contributed by atoms with Gasteiger partial charge in [0.05, 0.1) is 17.7 Å². The predicted molar refractivity (Wildman–Crippen MR) is 136 cm³/mol. The van der Waals surface area contributed by atoms with Crippen LogP contribution in [-0.4, -0.2) is 40.3 Å². The number of rotatable bonds is 5. The van der Waals surface area contributed by atoms with Crippen molar-refractivity contribution in [1.29, 1.82) is 5.26 Å². The van der Waals surface area contributed by atoms with E-state index in [0.29, 0.717) is 11.3 Å². The van der Waals surface area contributed by atoms with Crippen LogP contribution in [0.3, 0.4) is 0 Å². The van der Waals surface area contributed by atoms with Gasteiger partial charge < -0.3 is 15.0 Å². The molecule has 180 valence electrons. The molecule has 2 amide bonds. The van der Waals surface area contributed by atoms with Crippen molar-refractivity contribution in [1.82, 2.24) is 20.4 Å². The number of carbonyl (C=O) groups is 1. The first-order chi connectivity index (χ1) is 17.0. The number of piperidine rings is 1. The lowest BCUT2D eigenvalue weighted by molar-refractivity contribution is 0.182. The topological polar surface area (TPSA) is 91.1 Å². The van der Waals surface area contributed by atoms with E-state index in [-0.39, 0.29) is 18.2 Å². The molecule has 35 heavy (non-hydrogen) atoms. The second-order valence-electron chi connectivity index (χ2n) is 9.36. The van der Waals surface area contributed by atoms with Gasteiger partial charge in [-0.2, -0.15) is 5.26 Å². The molecule has 1 N–H and O–H groups in total. The van der Waals surface area contributed by atoms with Gasteiger partial charge in [-0.3, -0.25) is 0 Å². The van der Waals surface area contributed by atoms with Crippen molar-refractivity contribution in [3.63, 3.8) is 0 Å². The van der Waals surface area contributed by atoms with Gasteiger partial charge in [0.2, 0.25) is 0 Å². The van der Waals surface area contributed by atoms with Gasteiger partial charge in [-0.25, -0.2) is 4.79 Å². The highest BCUT2D eigenvalue weighted by molar-refractivity contribution is 7.17. The summed E-state index contributed by atoms with van der Waals surface area (Å²) < 4.78 is 5.74. The minimum Gasteiger partial charge on any atom is -0.490 e. The van der Waals surface area contributed by atoms with E-state index in [0.717, 1.165) is 59.9 Å². The number of likely N-dealkylation sites (tertiary alicyclic amines) is 1. The third-order valence-electron chi connectivity index (χ3n) is 6.58. The molecular formula is C27H29N5O2S. The molecule has 0 radical (unpaired) electrons. The highest BCUT2D eigenvalue weighted by Gasteiger charge is 2.29. The second-order valence-corrected chi connectivity index (χ2v) is 10.3. The zero-order chi connectivity index (χ0) is 24.4. The number of nitrogens with one attached hydrogen (secondary N) is 1. The first-order valence-electron chi connectivity index (χ1n) is 12.3. The van der Waals surface area contributed by atoms with E-state index in [1.165, 1.54) is 28.9 Å². The SMILES string of the molecule is CC(C)Oc1ccc(-c2nnc(-c3cccc4c3CCC4NC(=O)N3CCCCC3)s2)cc1C#N. The number of amides is 2. The molecule has 0 spiro atoms. The molecular weight excluding hydrogens is 458 g/mol. The first-order valence-corrected chi connectivity index (χ1v) is 13.1. The molecule has 1 atom stereocenters. The van der Waals surface area contributed by atoms with E-state index < -0.39 is 0 Å². The molecule has 3 aromatic rings. The maximum atomic E-state index is 12.8. The zero-order valence-corrected chi connectivity index (χ0v) is 20.9. The monoisotopic (exact) mass is 487 g/mol. The summed E-state index contributed by atoms with van der Waals surface area (Å²) in [7, 11) is 0. The van der Waals surface area contributed by atoms with E-state index in [4.69, 9.17) is 4.74 Å². The molecule has 1 aromatic heterocycles. The molecule has 0 bridgehead atoms. The van der Waals surface area contributed by atoms with Crippen molar-refractivity contribution in [3.05, 3.63) is 53.1 Å².